The summed E-state index contributed by atoms with van der Waals surface area (Å²) in [6.45, 7) is 0. The maximum Gasteiger partial charge on any atom is 0.147 e. The van der Waals surface area contributed by atoms with Crippen LogP contribution in [0, 0.1) is 5.82 Å². The van der Waals surface area contributed by atoms with Crippen LogP contribution in [-0.2, 0) is 21.8 Å². The molecule has 1 unspecified atom stereocenters. The number of sulfone groups is 1. The molecule has 0 spiro atoms. The van der Waals surface area contributed by atoms with E-state index in [2.05, 4.69) is 0 Å². The minimum absolute atomic E-state index is 0.155. The van der Waals surface area contributed by atoms with E-state index in [0.29, 0.717) is 12.8 Å². The molecule has 1 atom stereocenters. The van der Waals surface area contributed by atoms with Crippen LogP contribution in [0.3, 0.4) is 0 Å². The van der Waals surface area contributed by atoms with Crippen LogP contribution in [-0.4, -0.2) is 20.4 Å². The van der Waals surface area contributed by atoms with Crippen molar-refractivity contribution in [2.45, 2.75) is 31.2 Å². The highest BCUT2D eigenvalue weighted by Gasteiger charge is 2.34. The second-order valence-corrected chi connectivity index (χ2v) is 7.45. The Balaban J connectivity index is 2.11. The summed E-state index contributed by atoms with van der Waals surface area (Å²) < 4.78 is 35.3. The lowest BCUT2D eigenvalue weighted by molar-refractivity contribution is 0.402. The predicted molar refractivity (Wildman–Crippen MR) is 69.5 cm³/mol. The molecule has 100 valence electrons. The first-order valence-electron chi connectivity index (χ1n) is 6.06. The maximum atomic E-state index is 13.1. The number of fused-ring (bicyclic) bond motifs is 1. The standard InChI is InChI=1S/C13H18FNO2S/c1-18(16,17)8-2-6-13(15)7-5-10-9-11(14)3-4-12(10)13/h3-4,9H,2,5-8,15H2,1H3. The zero-order chi connectivity index (χ0) is 13.4. The summed E-state index contributed by atoms with van der Waals surface area (Å²) in [6.07, 6.45) is 3.93. The molecule has 18 heavy (non-hydrogen) atoms. The quantitative estimate of drug-likeness (QED) is 0.907. The molecule has 1 aromatic rings. The highest BCUT2D eigenvalue weighted by Crippen LogP contribution is 2.38. The summed E-state index contributed by atoms with van der Waals surface area (Å²) in [6, 6.07) is 4.68. The smallest absolute Gasteiger partial charge is 0.147 e. The molecule has 2 N–H and O–H groups in total. The number of benzene rings is 1. The maximum absolute atomic E-state index is 13.1. The lowest BCUT2D eigenvalue weighted by atomic mass is 9.88. The molecule has 0 fully saturated rings. The summed E-state index contributed by atoms with van der Waals surface area (Å²) in [5, 5.41) is 0. The van der Waals surface area contributed by atoms with E-state index in [1.54, 1.807) is 6.07 Å². The van der Waals surface area contributed by atoms with Crippen molar-refractivity contribution in [2.24, 2.45) is 5.73 Å². The van der Waals surface area contributed by atoms with Gasteiger partial charge < -0.3 is 5.73 Å². The van der Waals surface area contributed by atoms with Crippen LogP contribution in [0.1, 0.15) is 30.4 Å². The first-order valence-corrected chi connectivity index (χ1v) is 8.12. The van der Waals surface area contributed by atoms with Crippen molar-refractivity contribution in [3.63, 3.8) is 0 Å². The average molecular weight is 271 g/mol. The van der Waals surface area contributed by atoms with E-state index in [4.69, 9.17) is 5.73 Å². The Morgan fingerprint density at radius 1 is 1.44 bits per heavy atom. The number of rotatable bonds is 4. The van der Waals surface area contributed by atoms with Gasteiger partial charge in [-0.1, -0.05) is 6.07 Å². The van der Waals surface area contributed by atoms with Gasteiger partial charge in [-0.25, -0.2) is 12.8 Å². The lowest BCUT2D eigenvalue weighted by Crippen LogP contribution is -2.34. The molecule has 3 nitrogen and oxygen atoms in total. The molecule has 1 aromatic carbocycles. The van der Waals surface area contributed by atoms with Crippen molar-refractivity contribution in [1.29, 1.82) is 0 Å². The Hall–Kier alpha value is -0.940. The Morgan fingerprint density at radius 3 is 2.83 bits per heavy atom. The van der Waals surface area contributed by atoms with Crippen molar-refractivity contribution < 1.29 is 12.8 Å². The fraction of sp³-hybridized carbons (Fsp3) is 0.538. The third kappa shape index (κ3) is 2.90. The molecule has 0 saturated heterocycles. The number of aryl methyl sites for hydroxylation is 1. The largest absolute Gasteiger partial charge is 0.321 e. The predicted octanol–water partition coefficient (Wildman–Crippen LogP) is 1.75. The van der Waals surface area contributed by atoms with E-state index >= 15 is 0 Å². The van der Waals surface area contributed by atoms with Crippen LogP contribution in [0.4, 0.5) is 4.39 Å². The topological polar surface area (TPSA) is 60.2 Å². The van der Waals surface area contributed by atoms with Gasteiger partial charge in [0, 0.05) is 17.5 Å². The molecule has 0 bridgehead atoms. The van der Waals surface area contributed by atoms with Gasteiger partial charge in [0.25, 0.3) is 0 Å². The van der Waals surface area contributed by atoms with Gasteiger partial charge >= 0.3 is 0 Å². The van der Waals surface area contributed by atoms with Gasteiger partial charge in [0.2, 0.25) is 0 Å². The van der Waals surface area contributed by atoms with E-state index in [9.17, 15) is 12.8 Å². The molecule has 1 aliphatic rings. The normalized spacial score (nSPS) is 23.1. The van der Waals surface area contributed by atoms with Crippen molar-refractivity contribution in [2.75, 3.05) is 12.0 Å². The van der Waals surface area contributed by atoms with Gasteiger partial charge in [0.1, 0.15) is 15.7 Å². The summed E-state index contributed by atoms with van der Waals surface area (Å²) >= 11 is 0. The van der Waals surface area contributed by atoms with E-state index in [-0.39, 0.29) is 11.6 Å². The molecule has 2 rings (SSSR count). The molecule has 0 radical (unpaired) electrons. The second-order valence-electron chi connectivity index (χ2n) is 5.19. The monoisotopic (exact) mass is 271 g/mol. The minimum atomic E-state index is -2.94. The number of hydrogen-bond donors (Lipinski definition) is 1. The van der Waals surface area contributed by atoms with E-state index < -0.39 is 15.4 Å². The van der Waals surface area contributed by atoms with Crippen LogP contribution >= 0.6 is 0 Å². The van der Waals surface area contributed by atoms with Crippen LogP contribution in [0.2, 0.25) is 0 Å². The first kappa shape index (κ1) is 13.5. The van der Waals surface area contributed by atoms with Crippen LogP contribution in [0.15, 0.2) is 18.2 Å². The van der Waals surface area contributed by atoms with Crippen molar-refractivity contribution in [1.82, 2.24) is 0 Å². The van der Waals surface area contributed by atoms with Gasteiger partial charge in [-0.2, -0.15) is 0 Å². The fourth-order valence-corrected chi connectivity index (χ4v) is 3.33. The third-order valence-corrected chi connectivity index (χ3v) is 4.61. The molecule has 0 aromatic heterocycles. The van der Waals surface area contributed by atoms with Crippen LogP contribution in [0.25, 0.3) is 0 Å². The Bertz CT molecular complexity index is 556. The molecule has 1 aliphatic carbocycles. The van der Waals surface area contributed by atoms with Gasteiger partial charge in [0.05, 0.1) is 0 Å². The summed E-state index contributed by atoms with van der Waals surface area (Å²) in [4.78, 5) is 0. The Morgan fingerprint density at radius 2 is 2.17 bits per heavy atom. The van der Waals surface area contributed by atoms with Crippen LogP contribution < -0.4 is 5.73 Å². The van der Waals surface area contributed by atoms with Gasteiger partial charge in [-0.3, -0.25) is 0 Å². The zero-order valence-corrected chi connectivity index (χ0v) is 11.3. The van der Waals surface area contributed by atoms with Crippen molar-refractivity contribution >= 4 is 9.84 Å². The summed E-state index contributed by atoms with van der Waals surface area (Å²) in [7, 11) is -2.94. The highest BCUT2D eigenvalue weighted by atomic mass is 32.2. The second kappa shape index (κ2) is 4.63. The number of halogens is 1. The number of nitrogens with two attached hydrogens (primary N) is 1. The number of hydrogen-bond acceptors (Lipinski definition) is 3. The zero-order valence-electron chi connectivity index (χ0n) is 10.4. The molecule has 0 saturated carbocycles. The van der Waals surface area contributed by atoms with E-state index in [1.807, 2.05) is 0 Å². The molecular weight excluding hydrogens is 253 g/mol. The van der Waals surface area contributed by atoms with Crippen molar-refractivity contribution in [3.8, 4) is 0 Å². The molecule has 0 amide bonds. The minimum Gasteiger partial charge on any atom is -0.321 e. The Kier molecular flexibility index (Phi) is 3.47. The molecule has 0 aliphatic heterocycles. The van der Waals surface area contributed by atoms with E-state index in [0.717, 1.165) is 24.0 Å². The van der Waals surface area contributed by atoms with Crippen molar-refractivity contribution in [3.05, 3.63) is 35.1 Å². The first-order chi connectivity index (χ1) is 8.30. The lowest BCUT2D eigenvalue weighted by Gasteiger charge is -2.25. The summed E-state index contributed by atoms with van der Waals surface area (Å²) in [5.74, 6) is -0.0863. The van der Waals surface area contributed by atoms with Gasteiger partial charge in [-0.05, 0) is 48.9 Å². The third-order valence-electron chi connectivity index (χ3n) is 3.58. The van der Waals surface area contributed by atoms with Crippen LogP contribution in [0.5, 0.6) is 0 Å². The average Bonchev–Trinajstić information content (AvgIpc) is 2.54. The molecular formula is C13H18FNO2S. The Labute approximate surface area is 107 Å². The molecule has 0 heterocycles. The van der Waals surface area contributed by atoms with E-state index in [1.165, 1.54) is 18.4 Å². The van der Waals surface area contributed by atoms with Gasteiger partial charge in [-0.15, -0.1) is 0 Å². The fourth-order valence-electron chi connectivity index (χ4n) is 2.66. The SMILES string of the molecule is CS(=O)(=O)CCCC1(N)CCc2cc(F)ccc21. The molecule has 5 heteroatoms. The highest BCUT2D eigenvalue weighted by molar-refractivity contribution is 7.90. The van der Waals surface area contributed by atoms with Gasteiger partial charge in [0.15, 0.2) is 0 Å². The summed E-state index contributed by atoms with van der Waals surface area (Å²) in [5.41, 5.74) is 7.77.